The van der Waals surface area contributed by atoms with Crippen LogP contribution in [-0.2, 0) is 0 Å². The van der Waals surface area contributed by atoms with Gasteiger partial charge >= 0.3 is 6.01 Å². The summed E-state index contributed by atoms with van der Waals surface area (Å²) in [6.07, 6.45) is 0. The van der Waals surface area contributed by atoms with E-state index in [2.05, 4.69) is 32.5 Å². The SMILES string of the molecule is C=NNC(=S)Nc1nc(Oc2cccc(OC)c2)nc2ccccc12. The average Bonchev–Trinajstić information content (AvgIpc) is 2.62. The number of nitrogens with one attached hydrogen (secondary N) is 2. The van der Waals surface area contributed by atoms with Crippen LogP contribution in [0.5, 0.6) is 17.5 Å². The van der Waals surface area contributed by atoms with E-state index in [1.54, 1.807) is 19.2 Å². The van der Waals surface area contributed by atoms with Crippen LogP contribution in [0.2, 0.25) is 0 Å². The van der Waals surface area contributed by atoms with Crippen molar-refractivity contribution in [1.29, 1.82) is 0 Å². The Balaban J connectivity index is 1.97. The van der Waals surface area contributed by atoms with Crippen molar-refractivity contribution in [3.8, 4) is 17.5 Å². The van der Waals surface area contributed by atoms with E-state index in [9.17, 15) is 0 Å². The standard InChI is InChI=1S/C17H15N5O2S/c1-18-22-17(25)21-15-13-8-3-4-9-14(13)19-16(20-15)24-12-7-5-6-11(10-12)23-2/h3-10H,1H2,2H3,(H2,19,20,21,22,25). The van der Waals surface area contributed by atoms with Crippen molar-refractivity contribution in [1.82, 2.24) is 15.4 Å². The fraction of sp³-hybridized carbons (Fsp3) is 0.0588. The maximum atomic E-state index is 5.77. The van der Waals surface area contributed by atoms with Crippen molar-refractivity contribution in [3.63, 3.8) is 0 Å². The van der Waals surface area contributed by atoms with Gasteiger partial charge in [0.25, 0.3) is 0 Å². The van der Waals surface area contributed by atoms with Crippen molar-refractivity contribution >= 4 is 40.8 Å². The largest absolute Gasteiger partial charge is 0.497 e. The molecule has 0 spiro atoms. The molecular formula is C17H15N5O2S. The molecule has 0 aliphatic carbocycles. The molecule has 0 aliphatic rings. The summed E-state index contributed by atoms with van der Waals surface area (Å²) in [5.74, 6) is 1.75. The highest BCUT2D eigenvalue weighted by molar-refractivity contribution is 7.80. The summed E-state index contributed by atoms with van der Waals surface area (Å²) in [7, 11) is 1.59. The number of ether oxygens (including phenoxy) is 2. The third-order valence-corrected chi connectivity index (χ3v) is 3.44. The van der Waals surface area contributed by atoms with E-state index >= 15 is 0 Å². The summed E-state index contributed by atoms with van der Waals surface area (Å²) >= 11 is 5.13. The molecule has 0 saturated heterocycles. The molecule has 1 heterocycles. The Bertz CT molecular complexity index is 932. The zero-order chi connectivity index (χ0) is 17.6. The van der Waals surface area contributed by atoms with Gasteiger partial charge in [-0.15, -0.1) is 0 Å². The number of aromatic nitrogens is 2. The lowest BCUT2D eigenvalue weighted by Crippen LogP contribution is -2.24. The zero-order valence-electron chi connectivity index (χ0n) is 13.4. The Kier molecular flexibility index (Phi) is 5.00. The van der Waals surface area contributed by atoms with Crippen molar-refractivity contribution in [2.24, 2.45) is 5.10 Å². The highest BCUT2D eigenvalue weighted by Crippen LogP contribution is 2.27. The molecule has 8 heteroatoms. The second-order valence-corrected chi connectivity index (χ2v) is 5.29. The topological polar surface area (TPSA) is 80.7 Å². The summed E-state index contributed by atoms with van der Waals surface area (Å²) in [6, 6.07) is 14.9. The minimum absolute atomic E-state index is 0.184. The van der Waals surface area contributed by atoms with Crippen LogP contribution in [0, 0.1) is 0 Å². The first-order valence-electron chi connectivity index (χ1n) is 7.31. The fourth-order valence-corrected chi connectivity index (χ4v) is 2.33. The van der Waals surface area contributed by atoms with E-state index in [0.29, 0.717) is 22.8 Å². The van der Waals surface area contributed by atoms with Crippen LogP contribution >= 0.6 is 12.2 Å². The Morgan fingerprint density at radius 3 is 2.72 bits per heavy atom. The van der Waals surface area contributed by atoms with E-state index in [4.69, 9.17) is 21.7 Å². The second-order valence-electron chi connectivity index (χ2n) is 4.88. The van der Waals surface area contributed by atoms with Gasteiger partial charge in [-0.25, -0.2) is 0 Å². The van der Waals surface area contributed by atoms with Crippen LogP contribution in [0.25, 0.3) is 10.9 Å². The number of para-hydroxylation sites is 1. The van der Waals surface area contributed by atoms with Gasteiger partial charge < -0.3 is 14.8 Å². The molecule has 126 valence electrons. The molecule has 3 rings (SSSR count). The van der Waals surface area contributed by atoms with Crippen molar-refractivity contribution < 1.29 is 9.47 Å². The Morgan fingerprint density at radius 1 is 1.12 bits per heavy atom. The van der Waals surface area contributed by atoms with Gasteiger partial charge in [0.05, 0.1) is 12.6 Å². The smallest absolute Gasteiger partial charge is 0.324 e. The molecule has 2 aromatic carbocycles. The molecule has 0 aliphatic heterocycles. The molecule has 0 fully saturated rings. The summed E-state index contributed by atoms with van der Waals surface area (Å²) < 4.78 is 11.0. The van der Waals surface area contributed by atoms with Gasteiger partial charge in [-0.2, -0.15) is 15.1 Å². The number of hydrazone groups is 1. The molecule has 2 N–H and O–H groups in total. The number of methoxy groups -OCH3 is 1. The van der Waals surface area contributed by atoms with Crippen LogP contribution in [0.15, 0.2) is 53.6 Å². The molecule has 0 bridgehead atoms. The Labute approximate surface area is 149 Å². The maximum absolute atomic E-state index is 5.77. The summed E-state index contributed by atoms with van der Waals surface area (Å²) in [4.78, 5) is 8.83. The molecule has 0 unspecified atom stereocenters. The predicted octanol–water partition coefficient (Wildman–Crippen LogP) is 3.33. The van der Waals surface area contributed by atoms with Gasteiger partial charge in [0.2, 0.25) is 0 Å². The number of rotatable bonds is 5. The van der Waals surface area contributed by atoms with E-state index < -0.39 is 0 Å². The number of hydrogen-bond donors (Lipinski definition) is 2. The number of thiocarbonyl (C=S) groups is 1. The molecule has 25 heavy (non-hydrogen) atoms. The van der Waals surface area contributed by atoms with Gasteiger partial charge in [0, 0.05) is 18.2 Å². The third-order valence-electron chi connectivity index (χ3n) is 3.25. The fourth-order valence-electron chi connectivity index (χ4n) is 2.17. The lowest BCUT2D eigenvalue weighted by atomic mass is 10.2. The highest BCUT2D eigenvalue weighted by atomic mass is 32.1. The van der Waals surface area contributed by atoms with Crippen LogP contribution in [-0.4, -0.2) is 28.9 Å². The molecule has 7 nitrogen and oxygen atoms in total. The number of anilines is 1. The van der Waals surface area contributed by atoms with Crippen molar-refractivity contribution in [2.45, 2.75) is 0 Å². The van der Waals surface area contributed by atoms with Crippen LogP contribution in [0.4, 0.5) is 5.82 Å². The minimum atomic E-state index is 0.184. The molecular weight excluding hydrogens is 338 g/mol. The molecule has 1 aromatic heterocycles. The van der Waals surface area contributed by atoms with Crippen LogP contribution in [0.3, 0.4) is 0 Å². The number of fused-ring (bicyclic) bond motifs is 1. The lowest BCUT2D eigenvalue weighted by molar-refractivity contribution is 0.405. The van der Waals surface area contributed by atoms with E-state index in [-0.39, 0.29) is 11.1 Å². The monoisotopic (exact) mass is 353 g/mol. The second kappa shape index (κ2) is 7.54. The van der Waals surface area contributed by atoms with Crippen LogP contribution in [0.1, 0.15) is 0 Å². The average molecular weight is 353 g/mol. The predicted molar refractivity (Wildman–Crippen MR) is 102 cm³/mol. The number of hydrogen-bond acceptors (Lipinski definition) is 6. The normalized spacial score (nSPS) is 10.1. The quantitative estimate of drug-likeness (QED) is 0.414. The van der Waals surface area contributed by atoms with Gasteiger partial charge in [-0.05, 0) is 36.5 Å². The molecule has 0 atom stereocenters. The number of benzene rings is 2. The van der Waals surface area contributed by atoms with Crippen molar-refractivity contribution in [2.75, 3.05) is 12.4 Å². The first-order valence-corrected chi connectivity index (χ1v) is 7.72. The first-order chi connectivity index (χ1) is 12.2. The van der Waals surface area contributed by atoms with E-state index in [1.165, 1.54) is 0 Å². The van der Waals surface area contributed by atoms with E-state index in [0.717, 1.165) is 5.39 Å². The third kappa shape index (κ3) is 3.99. The summed E-state index contributed by atoms with van der Waals surface area (Å²) in [5, 5.41) is 7.56. The molecule has 0 radical (unpaired) electrons. The summed E-state index contributed by atoms with van der Waals surface area (Å²) in [5.41, 5.74) is 3.27. The van der Waals surface area contributed by atoms with Gasteiger partial charge in [-0.1, -0.05) is 18.2 Å². The lowest BCUT2D eigenvalue weighted by Gasteiger charge is -2.11. The zero-order valence-corrected chi connectivity index (χ0v) is 14.2. The summed E-state index contributed by atoms with van der Waals surface area (Å²) in [6.45, 7) is 3.34. The van der Waals surface area contributed by atoms with Gasteiger partial charge in [0.15, 0.2) is 5.11 Å². The number of nitrogens with zero attached hydrogens (tertiary/aromatic N) is 3. The molecule has 3 aromatic rings. The van der Waals surface area contributed by atoms with Crippen LogP contribution < -0.4 is 20.2 Å². The molecule has 0 saturated carbocycles. The Morgan fingerprint density at radius 2 is 1.92 bits per heavy atom. The maximum Gasteiger partial charge on any atom is 0.324 e. The molecule has 0 amide bonds. The minimum Gasteiger partial charge on any atom is -0.497 e. The van der Waals surface area contributed by atoms with Gasteiger partial charge in [-0.3, -0.25) is 5.43 Å². The van der Waals surface area contributed by atoms with Crippen molar-refractivity contribution in [3.05, 3.63) is 48.5 Å². The highest BCUT2D eigenvalue weighted by Gasteiger charge is 2.11. The Hall–Kier alpha value is -3.26. The first kappa shape index (κ1) is 16.6. The van der Waals surface area contributed by atoms with Gasteiger partial charge in [0.1, 0.15) is 17.3 Å². The van der Waals surface area contributed by atoms with E-state index in [1.807, 2.05) is 36.4 Å².